The van der Waals surface area contributed by atoms with Crippen molar-refractivity contribution in [2.45, 2.75) is 23.7 Å². The van der Waals surface area contributed by atoms with Gasteiger partial charge in [0.15, 0.2) is 0 Å². The van der Waals surface area contributed by atoms with Crippen LogP contribution in [0, 0.1) is 0 Å². The predicted octanol–water partition coefficient (Wildman–Crippen LogP) is -1.64. The molecule has 1 heterocycles. The minimum absolute atomic E-state index is 0.296. The monoisotopic (exact) mass is 166 g/mol. The van der Waals surface area contributed by atoms with E-state index in [9.17, 15) is 0 Å². The number of ether oxygens (including phenoxy) is 1. The van der Waals surface area contributed by atoms with Crippen LogP contribution in [0.1, 0.15) is 0 Å². The number of thiol groups is 1. The second kappa shape index (κ2) is 3.06. The van der Waals surface area contributed by atoms with E-state index >= 15 is 0 Å². The van der Waals surface area contributed by atoms with Gasteiger partial charge in [0.25, 0.3) is 0 Å². The van der Waals surface area contributed by atoms with Gasteiger partial charge in [0.1, 0.15) is 23.7 Å². The third-order valence-electron chi connectivity index (χ3n) is 1.52. The van der Waals surface area contributed by atoms with Gasteiger partial charge in [-0.2, -0.15) is 0 Å². The van der Waals surface area contributed by atoms with Gasteiger partial charge in [-0.15, -0.1) is 12.6 Å². The molecular weight excluding hydrogens is 156 g/mol. The summed E-state index contributed by atoms with van der Waals surface area (Å²) in [5.74, 6) is 0. The van der Waals surface area contributed by atoms with E-state index in [1.165, 1.54) is 0 Å². The van der Waals surface area contributed by atoms with Gasteiger partial charge in [0, 0.05) is 0 Å². The van der Waals surface area contributed by atoms with Crippen molar-refractivity contribution in [2.24, 2.45) is 0 Å². The Bertz CT molecular complexity index is 120. The molecule has 0 saturated carbocycles. The Labute approximate surface area is 63.8 Å². The fourth-order valence-corrected chi connectivity index (χ4v) is 1.21. The Morgan fingerprint density at radius 2 is 1.90 bits per heavy atom. The molecule has 1 aliphatic rings. The van der Waals surface area contributed by atoms with E-state index in [0.29, 0.717) is 0 Å². The van der Waals surface area contributed by atoms with Crippen LogP contribution in [0.4, 0.5) is 0 Å². The number of hydrogen-bond donors (Lipinski definition) is 4. The van der Waals surface area contributed by atoms with Gasteiger partial charge >= 0.3 is 0 Å². The minimum Gasteiger partial charge on any atom is -0.394 e. The SMILES string of the molecule is OC[C@H]1O[C@H](S)C(O)[C@H]1O. The van der Waals surface area contributed by atoms with Crippen LogP contribution in [0.15, 0.2) is 0 Å². The van der Waals surface area contributed by atoms with Crippen molar-refractivity contribution in [3.63, 3.8) is 0 Å². The Kier molecular flexibility index (Phi) is 2.54. The van der Waals surface area contributed by atoms with Gasteiger partial charge < -0.3 is 20.1 Å². The molecular formula is C5H10O4S. The first-order valence-electron chi connectivity index (χ1n) is 2.97. The van der Waals surface area contributed by atoms with Crippen molar-refractivity contribution in [2.75, 3.05) is 6.61 Å². The highest BCUT2D eigenvalue weighted by atomic mass is 32.1. The second-order valence-corrected chi connectivity index (χ2v) is 2.74. The first-order chi connectivity index (χ1) is 4.66. The number of aliphatic hydroxyl groups excluding tert-OH is 3. The highest BCUT2D eigenvalue weighted by Gasteiger charge is 2.40. The topological polar surface area (TPSA) is 69.9 Å². The van der Waals surface area contributed by atoms with E-state index in [4.69, 9.17) is 20.1 Å². The molecule has 1 saturated heterocycles. The molecule has 0 aromatic heterocycles. The van der Waals surface area contributed by atoms with Crippen LogP contribution in [0.3, 0.4) is 0 Å². The van der Waals surface area contributed by atoms with Crippen LogP contribution >= 0.6 is 12.6 Å². The Balaban J connectivity index is 2.53. The fourth-order valence-electron chi connectivity index (χ4n) is 0.880. The second-order valence-electron chi connectivity index (χ2n) is 2.23. The molecule has 10 heavy (non-hydrogen) atoms. The van der Waals surface area contributed by atoms with E-state index in [0.717, 1.165) is 0 Å². The number of hydrogen-bond acceptors (Lipinski definition) is 5. The van der Waals surface area contributed by atoms with Gasteiger partial charge in [-0.25, -0.2) is 0 Å². The quantitative estimate of drug-likeness (QED) is 0.352. The largest absolute Gasteiger partial charge is 0.394 e. The smallest absolute Gasteiger partial charge is 0.129 e. The molecule has 4 nitrogen and oxygen atoms in total. The first kappa shape index (κ1) is 8.29. The zero-order valence-electron chi connectivity index (χ0n) is 5.21. The molecule has 1 aliphatic heterocycles. The summed E-state index contributed by atoms with van der Waals surface area (Å²) in [5.41, 5.74) is -0.688. The maximum Gasteiger partial charge on any atom is 0.129 e. The van der Waals surface area contributed by atoms with Crippen molar-refractivity contribution < 1.29 is 20.1 Å². The molecule has 1 unspecified atom stereocenters. The van der Waals surface area contributed by atoms with Gasteiger partial charge in [-0.3, -0.25) is 0 Å². The fraction of sp³-hybridized carbons (Fsp3) is 1.00. The molecule has 0 aliphatic carbocycles. The standard InChI is InChI=1S/C5H10O4S/c6-1-2-3(7)4(8)5(10)9-2/h2-8,10H,1H2/t2-,3+,4?,5-/m1/s1. The summed E-state index contributed by atoms with van der Waals surface area (Å²) in [6.07, 6.45) is -2.72. The molecule has 1 fully saturated rings. The highest BCUT2D eigenvalue weighted by Crippen LogP contribution is 2.22. The van der Waals surface area contributed by atoms with Crippen LogP contribution in [0.5, 0.6) is 0 Å². The third kappa shape index (κ3) is 1.28. The van der Waals surface area contributed by atoms with Crippen molar-refractivity contribution in [3.8, 4) is 0 Å². The lowest BCUT2D eigenvalue weighted by molar-refractivity contribution is -0.00794. The molecule has 60 valence electrons. The lowest BCUT2D eigenvalue weighted by atomic mass is 10.2. The molecule has 5 heteroatoms. The summed E-state index contributed by atoms with van der Waals surface area (Å²) in [7, 11) is 0. The van der Waals surface area contributed by atoms with Crippen molar-refractivity contribution in [1.82, 2.24) is 0 Å². The summed E-state index contributed by atoms with van der Waals surface area (Å²) in [6.45, 7) is -0.296. The molecule has 0 amide bonds. The Morgan fingerprint density at radius 3 is 2.10 bits per heavy atom. The molecule has 1 rings (SSSR count). The summed E-state index contributed by atoms with van der Waals surface area (Å²) in [4.78, 5) is 0. The Hall–Kier alpha value is 0.190. The van der Waals surface area contributed by atoms with Crippen molar-refractivity contribution in [3.05, 3.63) is 0 Å². The van der Waals surface area contributed by atoms with E-state index in [-0.39, 0.29) is 6.61 Å². The van der Waals surface area contributed by atoms with Crippen LogP contribution in [-0.2, 0) is 4.74 Å². The maximum absolute atomic E-state index is 9.04. The van der Waals surface area contributed by atoms with E-state index in [1.807, 2.05) is 0 Å². The molecule has 0 radical (unpaired) electrons. The molecule has 3 N–H and O–H groups in total. The maximum atomic E-state index is 9.04. The number of aliphatic hydroxyl groups is 3. The summed E-state index contributed by atoms with van der Waals surface area (Å²) < 4.78 is 4.85. The number of rotatable bonds is 1. The zero-order valence-corrected chi connectivity index (χ0v) is 6.11. The molecule has 0 spiro atoms. The summed E-state index contributed by atoms with van der Waals surface area (Å²) in [6, 6.07) is 0. The molecule has 0 aromatic carbocycles. The summed E-state index contributed by atoms with van der Waals surface area (Å²) in [5, 5.41) is 26.6. The first-order valence-corrected chi connectivity index (χ1v) is 3.49. The minimum atomic E-state index is -1.02. The van der Waals surface area contributed by atoms with Crippen LogP contribution in [0.2, 0.25) is 0 Å². The molecule has 0 bridgehead atoms. The normalized spacial score (nSPS) is 48.0. The average molecular weight is 166 g/mol. The van der Waals surface area contributed by atoms with Crippen LogP contribution < -0.4 is 0 Å². The highest BCUT2D eigenvalue weighted by molar-refractivity contribution is 7.80. The van der Waals surface area contributed by atoms with Gasteiger partial charge in [-0.05, 0) is 0 Å². The van der Waals surface area contributed by atoms with Crippen molar-refractivity contribution in [1.29, 1.82) is 0 Å². The van der Waals surface area contributed by atoms with E-state index < -0.39 is 23.7 Å². The predicted molar refractivity (Wildman–Crippen MR) is 36.7 cm³/mol. The van der Waals surface area contributed by atoms with E-state index in [2.05, 4.69) is 12.6 Å². The third-order valence-corrected chi connectivity index (χ3v) is 1.94. The van der Waals surface area contributed by atoms with Crippen LogP contribution in [-0.4, -0.2) is 45.7 Å². The lowest BCUT2D eigenvalue weighted by Crippen LogP contribution is -2.32. The zero-order chi connectivity index (χ0) is 7.72. The van der Waals surface area contributed by atoms with Gasteiger partial charge in [-0.1, -0.05) is 0 Å². The van der Waals surface area contributed by atoms with Gasteiger partial charge in [0.2, 0.25) is 0 Å². The summed E-state index contributed by atoms with van der Waals surface area (Å²) >= 11 is 3.82. The van der Waals surface area contributed by atoms with Crippen molar-refractivity contribution >= 4 is 12.6 Å². The van der Waals surface area contributed by atoms with Crippen LogP contribution in [0.25, 0.3) is 0 Å². The molecule has 0 aromatic rings. The van der Waals surface area contributed by atoms with E-state index in [1.54, 1.807) is 0 Å². The molecule has 4 atom stereocenters. The van der Waals surface area contributed by atoms with Gasteiger partial charge in [0.05, 0.1) is 6.61 Å². The average Bonchev–Trinajstić information content (AvgIpc) is 2.17. The Morgan fingerprint density at radius 1 is 1.30 bits per heavy atom. The lowest BCUT2D eigenvalue weighted by Gasteiger charge is -2.09.